The van der Waals surface area contributed by atoms with Crippen LogP contribution in [0.3, 0.4) is 0 Å². The Labute approximate surface area is 234 Å². The fraction of sp³-hybridized carbons (Fsp3) is 0.571. The van der Waals surface area contributed by atoms with E-state index in [-0.39, 0.29) is 0 Å². The number of hydrogen-bond acceptors (Lipinski definition) is 0. The van der Waals surface area contributed by atoms with Crippen LogP contribution in [0.2, 0.25) is 0 Å². The largest absolute Gasteiger partial charge is 0.322 e. The molecule has 0 saturated heterocycles. The molecule has 0 bridgehead atoms. The zero-order valence-corrected chi connectivity index (χ0v) is 25.4. The van der Waals surface area contributed by atoms with E-state index >= 15 is 0 Å². The van der Waals surface area contributed by atoms with Gasteiger partial charge in [-0.05, 0) is 37.8 Å². The second kappa shape index (κ2) is 15.3. The van der Waals surface area contributed by atoms with E-state index < -0.39 is 0 Å². The summed E-state index contributed by atoms with van der Waals surface area (Å²) in [6.07, 6.45) is 24.9. The summed E-state index contributed by atoms with van der Waals surface area (Å²) in [6.45, 7) is 6.76. The van der Waals surface area contributed by atoms with Crippen LogP contribution in [0.4, 0.5) is 0 Å². The minimum atomic E-state index is 1.10. The molecular formula is C28H42I2N4+2. The molecule has 6 heteroatoms. The van der Waals surface area contributed by atoms with Gasteiger partial charge in [0.05, 0.1) is 58.3 Å². The van der Waals surface area contributed by atoms with Crippen LogP contribution in [0.25, 0.3) is 11.4 Å². The first kappa shape index (κ1) is 27.7. The Bertz CT molecular complexity index is 917. The van der Waals surface area contributed by atoms with Gasteiger partial charge in [-0.15, -0.1) is 0 Å². The highest BCUT2D eigenvalue weighted by Crippen LogP contribution is 2.18. The maximum absolute atomic E-state index is 2.49. The quantitative estimate of drug-likeness (QED) is 0.0832. The van der Waals surface area contributed by atoms with E-state index in [2.05, 4.69) is 126 Å². The third-order valence-corrected chi connectivity index (χ3v) is 8.83. The zero-order valence-electron chi connectivity index (χ0n) is 21.1. The number of unbranched alkanes of at least 4 members (excludes halogenated alkanes) is 10. The number of aryl methyl sites for hydroxylation is 2. The summed E-state index contributed by atoms with van der Waals surface area (Å²) in [4.78, 5) is 0. The summed E-state index contributed by atoms with van der Waals surface area (Å²) in [5.41, 5.74) is 2.44. The van der Waals surface area contributed by atoms with E-state index in [1.807, 2.05) is 0 Å². The van der Waals surface area contributed by atoms with E-state index in [0.717, 1.165) is 13.1 Å². The van der Waals surface area contributed by atoms with Crippen LogP contribution in [-0.2, 0) is 13.1 Å². The van der Waals surface area contributed by atoms with Crippen molar-refractivity contribution in [2.45, 2.75) is 104 Å². The van der Waals surface area contributed by atoms with Crippen LogP contribution < -0.4 is 9.13 Å². The van der Waals surface area contributed by atoms with Gasteiger partial charge in [-0.2, -0.15) is 9.13 Å². The average molecular weight is 688 g/mol. The molecule has 0 aliphatic heterocycles. The lowest BCUT2D eigenvalue weighted by molar-refractivity contribution is -0.709. The van der Waals surface area contributed by atoms with Crippen LogP contribution >= 0.6 is 45.2 Å². The van der Waals surface area contributed by atoms with Crippen molar-refractivity contribution in [1.82, 2.24) is 9.13 Å². The first-order valence-corrected chi connectivity index (χ1v) is 15.4. The number of benzene rings is 1. The normalized spacial score (nSPS) is 11.4. The Morgan fingerprint density at radius 3 is 1.47 bits per heavy atom. The summed E-state index contributed by atoms with van der Waals surface area (Å²) >= 11 is 4.98. The van der Waals surface area contributed by atoms with Gasteiger partial charge >= 0.3 is 7.66 Å². The van der Waals surface area contributed by atoms with Crippen molar-refractivity contribution in [3.63, 3.8) is 0 Å². The number of nitrogens with zero attached hydrogens (tertiary/aromatic N) is 4. The van der Waals surface area contributed by atoms with Gasteiger partial charge in [0.2, 0.25) is 0 Å². The fourth-order valence-electron chi connectivity index (χ4n) is 4.45. The lowest BCUT2D eigenvalue weighted by Gasteiger charge is -2.03. The van der Waals surface area contributed by atoms with Crippen molar-refractivity contribution in [2.75, 3.05) is 0 Å². The highest BCUT2D eigenvalue weighted by atomic mass is 127. The second-order valence-corrected chi connectivity index (χ2v) is 11.2. The second-order valence-electron chi connectivity index (χ2n) is 9.32. The Morgan fingerprint density at radius 2 is 1.03 bits per heavy atom. The summed E-state index contributed by atoms with van der Waals surface area (Å²) in [7, 11) is 0. The lowest BCUT2D eigenvalue weighted by Crippen LogP contribution is -2.36. The van der Waals surface area contributed by atoms with Gasteiger partial charge in [0.15, 0.2) is 0 Å². The summed E-state index contributed by atoms with van der Waals surface area (Å²) < 4.78 is 11.9. The Kier molecular flexibility index (Phi) is 12.4. The Hall–Kier alpha value is -0.900. The van der Waals surface area contributed by atoms with E-state index in [0.29, 0.717) is 0 Å². The molecule has 2 heterocycles. The molecule has 0 radical (unpaired) electrons. The number of halogens is 2. The van der Waals surface area contributed by atoms with Crippen LogP contribution in [0, 0.1) is 7.66 Å². The van der Waals surface area contributed by atoms with Crippen LogP contribution in [-0.4, -0.2) is 9.13 Å². The highest BCUT2D eigenvalue weighted by molar-refractivity contribution is 14.1. The maximum atomic E-state index is 2.49. The minimum absolute atomic E-state index is 1.10. The van der Waals surface area contributed by atoms with Crippen molar-refractivity contribution < 1.29 is 9.13 Å². The first-order chi connectivity index (χ1) is 16.7. The molecule has 0 spiro atoms. The van der Waals surface area contributed by atoms with Crippen molar-refractivity contribution in [3.8, 4) is 11.4 Å². The fourth-order valence-corrected chi connectivity index (χ4v) is 6.14. The maximum Gasteiger partial charge on any atom is 0.322 e. The van der Waals surface area contributed by atoms with Gasteiger partial charge in [-0.25, -0.2) is 9.13 Å². The van der Waals surface area contributed by atoms with E-state index in [1.54, 1.807) is 0 Å². The molecule has 0 unspecified atom stereocenters. The number of imidazole rings is 2. The average Bonchev–Trinajstić information content (AvgIpc) is 3.40. The topological polar surface area (TPSA) is 17.6 Å². The summed E-state index contributed by atoms with van der Waals surface area (Å²) in [5, 5.41) is 0. The number of aromatic nitrogens is 4. The molecule has 2 aromatic heterocycles. The third-order valence-electron chi connectivity index (χ3n) is 6.55. The smallest absolute Gasteiger partial charge is 0.225 e. The molecule has 0 saturated carbocycles. The van der Waals surface area contributed by atoms with Crippen LogP contribution in [0.1, 0.15) is 90.9 Å². The molecule has 34 heavy (non-hydrogen) atoms. The number of rotatable bonds is 16. The standard InChI is InChI=1S/C28H42I2N4/c1-3-5-7-9-11-13-18-31-20-22-33(27(31)29)25-16-15-17-26(24-25)34-23-21-32(28(34)30)19-14-12-10-8-6-4-2/h15-17,20-24H,3-14,18-19H2,1-2H3/q+2. The molecule has 4 nitrogen and oxygen atoms in total. The molecular weight excluding hydrogens is 646 g/mol. The molecule has 3 rings (SSSR count). The monoisotopic (exact) mass is 688 g/mol. The molecule has 0 aliphatic rings. The predicted molar refractivity (Wildman–Crippen MR) is 158 cm³/mol. The molecule has 0 aliphatic carbocycles. The predicted octanol–water partition coefficient (Wildman–Crippen LogP) is 7.77. The lowest BCUT2D eigenvalue weighted by atomic mass is 10.1. The molecule has 186 valence electrons. The molecule has 0 N–H and O–H groups in total. The van der Waals surface area contributed by atoms with Gasteiger partial charge in [0, 0.05) is 6.07 Å². The van der Waals surface area contributed by atoms with Gasteiger partial charge in [-0.1, -0.05) is 71.3 Å². The van der Waals surface area contributed by atoms with Crippen molar-refractivity contribution in [1.29, 1.82) is 0 Å². The van der Waals surface area contributed by atoms with E-state index in [4.69, 9.17) is 0 Å². The van der Waals surface area contributed by atoms with E-state index in [9.17, 15) is 0 Å². The van der Waals surface area contributed by atoms with Crippen molar-refractivity contribution in [2.24, 2.45) is 0 Å². The first-order valence-electron chi connectivity index (χ1n) is 13.3. The van der Waals surface area contributed by atoms with Crippen molar-refractivity contribution in [3.05, 3.63) is 56.7 Å². The minimum Gasteiger partial charge on any atom is -0.225 e. The highest BCUT2D eigenvalue weighted by Gasteiger charge is 2.19. The molecule has 0 amide bonds. The van der Waals surface area contributed by atoms with Gasteiger partial charge in [0.25, 0.3) is 0 Å². The summed E-state index contributed by atoms with van der Waals surface area (Å²) in [5.74, 6) is 0. The molecule has 0 atom stereocenters. The molecule has 0 fully saturated rings. The summed E-state index contributed by atoms with van der Waals surface area (Å²) in [6, 6.07) is 8.89. The zero-order chi connectivity index (χ0) is 24.2. The number of hydrogen-bond donors (Lipinski definition) is 0. The third kappa shape index (κ3) is 8.07. The van der Waals surface area contributed by atoms with Crippen LogP contribution in [0.5, 0.6) is 0 Å². The Morgan fingerprint density at radius 1 is 0.618 bits per heavy atom. The molecule has 3 aromatic rings. The van der Waals surface area contributed by atoms with Gasteiger partial charge in [-0.3, -0.25) is 0 Å². The van der Waals surface area contributed by atoms with Crippen LogP contribution in [0.15, 0.2) is 49.1 Å². The van der Waals surface area contributed by atoms with Gasteiger partial charge in [0.1, 0.15) is 36.2 Å². The van der Waals surface area contributed by atoms with Crippen molar-refractivity contribution >= 4 is 45.2 Å². The van der Waals surface area contributed by atoms with Gasteiger partial charge < -0.3 is 0 Å². The molecule has 1 aromatic carbocycles. The van der Waals surface area contributed by atoms with E-state index in [1.165, 1.54) is 96.1 Å². The SMILES string of the molecule is CCCCCCCC[n+]1ccn(-c2cccc(-n3cc[n+](CCCCCCCC)c3I)c2)c1I. The Balaban J connectivity index is 1.61.